The van der Waals surface area contributed by atoms with Gasteiger partial charge in [0.25, 0.3) is 0 Å². The van der Waals surface area contributed by atoms with Gasteiger partial charge in [0, 0.05) is 43.8 Å². The van der Waals surface area contributed by atoms with E-state index in [-0.39, 0.29) is 6.85 Å². The van der Waals surface area contributed by atoms with Gasteiger partial charge in [-0.3, -0.25) is 0 Å². The van der Waals surface area contributed by atoms with E-state index < -0.39 is 0 Å². The third-order valence-corrected chi connectivity index (χ3v) is 12.9. The minimum atomic E-state index is -0.0356. The molecule has 13 rings (SSSR count). The van der Waals surface area contributed by atoms with Crippen LogP contribution in [0.15, 0.2) is 164 Å². The first kappa shape index (κ1) is 30.0. The Hall–Kier alpha value is -7.35. The maximum Gasteiger partial charge on any atom is 0.333 e. The van der Waals surface area contributed by atoms with Crippen molar-refractivity contribution in [1.29, 1.82) is 5.26 Å². The summed E-state index contributed by atoms with van der Waals surface area (Å²) in [5.41, 5.74) is 20.6. The van der Waals surface area contributed by atoms with E-state index in [9.17, 15) is 5.26 Å². The fourth-order valence-electron chi connectivity index (χ4n) is 10.5. The van der Waals surface area contributed by atoms with Gasteiger partial charge in [-0.1, -0.05) is 115 Å². The summed E-state index contributed by atoms with van der Waals surface area (Å²) in [5, 5.41) is 17.5. The second-order valence-corrected chi connectivity index (χ2v) is 15.6. The van der Waals surface area contributed by atoms with Crippen LogP contribution in [0.3, 0.4) is 0 Å². The first-order valence-corrected chi connectivity index (χ1v) is 19.4. The highest BCUT2D eigenvalue weighted by atomic mass is 15.0. The summed E-state index contributed by atoms with van der Waals surface area (Å²) in [7, 11) is 0. The highest BCUT2D eigenvalue weighted by molar-refractivity contribution is 6.90. The number of rotatable bonds is 3. The summed E-state index contributed by atoms with van der Waals surface area (Å²) >= 11 is 0. The van der Waals surface area contributed by atoms with Gasteiger partial charge in [0.15, 0.2) is 0 Å². The molecule has 0 atom stereocenters. The van der Waals surface area contributed by atoms with Crippen LogP contribution in [0.4, 0.5) is 0 Å². The van der Waals surface area contributed by atoms with Crippen LogP contribution in [0.25, 0.3) is 105 Å². The zero-order valence-electron chi connectivity index (χ0n) is 30.5. The van der Waals surface area contributed by atoms with Gasteiger partial charge in [-0.15, -0.1) is 0 Å². The van der Waals surface area contributed by atoms with Gasteiger partial charge in [-0.05, 0) is 122 Å². The van der Waals surface area contributed by atoms with E-state index in [1.807, 2.05) is 12.1 Å². The lowest BCUT2D eigenvalue weighted by atomic mass is 9.45. The van der Waals surface area contributed by atoms with E-state index in [0.717, 1.165) is 5.56 Å². The maximum atomic E-state index is 9.71. The van der Waals surface area contributed by atoms with Crippen molar-refractivity contribution >= 4 is 72.2 Å². The zero-order chi connectivity index (χ0) is 36.8. The molecule has 9 aromatic carbocycles. The van der Waals surface area contributed by atoms with Crippen molar-refractivity contribution in [3.05, 3.63) is 175 Å². The topological polar surface area (TPSA) is 33.6 Å². The van der Waals surface area contributed by atoms with Crippen molar-refractivity contribution in [3.8, 4) is 56.3 Å². The number of hydrogen-bond acceptors (Lipinski definition) is 1. The summed E-state index contributed by atoms with van der Waals surface area (Å²) in [6, 6.07) is 62.5. The fraction of sp³-hybridized carbons (Fsp3) is 0.0192. The quantitative estimate of drug-likeness (QED) is 0.133. The van der Waals surface area contributed by atoms with E-state index in [1.165, 1.54) is 116 Å². The van der Waals surface area contributed by atoms with E-state index in [0.29, 0.717) is 5.56 Å². The van der Waals surface area contributed by atoms with Crippen molar-refractivity contribution in [2.45, 2.75) is 6.92 Å². The Morgan fingerprint density at radius 1 is 0.518 bits per heavy atom. The molecule has 2 aliphatic heterocycles. The van der Waals surface area contributed by atoms with Crippen LogP contribution >= 0.6 is 0 Å². The Morgan fingerprint density at radius 2 is 1.21 bits per heavy atom. The summed E-state index contributed by atoms with van der Waals surface area (Å²) < 4.78 is 5.25. The second-order valence-electron chi connectivity index (χ2n) is 15.6. The first-order valence-electron chi connectivity index (χ1n) is 19.4. The van der Waals surface area contributed by atoms with Crippen molar-refractivity contribution in [2.75, 3.05) is 0 Å². The Morgan fingerprint density at radius 3 is 1.98 bits per heavy atom. The Balaban J connectivity index is 1.25. The molecule has 56 heavy (non-hydrogen) atoms. The first-order chi connectivity index (χ1) is 27.7. The number of nitriles is 1. The second kappa shape index (κ2) is 10.7. The number of aromatic nitrogens is 2. The predicted molar refractivity (Wildman–Crippen MR) is 234 cm³/mol. The Labute approximate surface area is 323 Å². The van der Waals surface area contributed by atoms with E-state index in [2.05, 4.69) is 174 Å². The molecule has 11 aromatic rings. The van der Waals surface area contributed by atoms with Crippen LogP contribution in [0, 0.1) is 18.3 Å². The normalized spacial score (nSPS) is 12.7. The van der Waals surface area contributed by atoms with Crippen LogP contribution in [0.5, 0.6) is 0 Å². The monoisotopic (exact) mass is 707 g/mol. The zero-order valence-corrected chi connectivity index (χ0v) is 30.5. The molecule has 3 nitrogen and oxygen atoms in total. The van der Waals surface area contributed by atoms with Crippen molar-refractivity contribution in [2.24, 2.45) is 0 Å². The molecule has 0 saturated carbocycles. The third kappa shape index (κ3) is 3.72. The van der Waals surface area contributed by atoms with Gasteiger partial charge < -0.3 is 9.05 Å². The molecule has 0 amide bonds. The van der Waals surface area contributed by atoms with Gasteiger partial charge in [-0.25, -0.2) is 0 Å². The molecule has 0 radical (unpaired) electrons. The molecular formula is C52H30BN3. The average molecular weight is 708 g/mol. The van der Waals surface area contributed by atoms with Gasteiger partial charge in [0.2, 0.25) is 0 Å². The summed E-state index contributed by atoms with van der Waals surface area (Å²) in [6.07, 6.45) is 0. The average Bonchev–Trinajstić information content (AvgIpc) is 3.79. The van der Waals surface area contributed by atoms with Gasteiger partial charge in [0.1, 0.15) is 0 Å². The molecule has 256 valence electrons. The smallest absolute Gasteiger partial charge is 0.333 e. The molecule has 0 saturated heterocycles. The maximum absolute atomic E-state index is 9.71. The molecule has 4 heterocycles. The van der Waals surface area contributed by atoms with E-state index in [4.69, 9.17) is 0 Å². The van der Waals surface area contributed by atoms with Gasteiger partial charge >= 0.3 is 6.85 Å². The van der Waals surface area contributed by atoms with E-state index in [1.54, 1.807) is 0 Å². The minimum absolute atomic E-state index is 0.0356. The number of benzene rings is 9. The minimum Gasteiger partial charge on any atom is -0.375 e. The lowest BCUT2D eigenvalue weighted by molar-refractivity contribution is 1.17. The van der Waals surface area contributed by atoms with Crippen LogP contribution in [0.1, 0.15) is 11.1 Å². The van der Waals surface area contributed by atoms with Gasteiger partial charge in [-0.2, -0.15) is 5.26 Å². The molecule has 0 bridgehead atoms. The van der Waals surface area contributed by atoms with Crippen molar-refractivity contribution in [3.63, 3.8) is 0 Å². The van der Waals surface area contributed by atoms with Crippen LogP contribution in [-0.4, -0.2) is 15.9 Å². The largest absolute Gasteiger partial charge is 0.375 e. The van der Waals surface area contributed by atoms with Crippen LogP contribution in [-0.2, 0) is 0 Å². The molecule has 0 unspecified atom stereocenters. The summed E-state index contributed by atoms with van der Waals surface area (Å²) in [6.45, 7) is 2.28. The Kier molecular flexibility index (Phi) is 5.72. The lowest BCUT2D eigenvalue weighted by Crippen LogP contribution is -2.55. The molecule has 0 N–H and O–H groups in total. The highest BCUT2D eigenvalue weighted by Crippen LogP contribution is 2.49. The third-order valence-electron chi connectivity index (χ3n) is 12.9. The van der Waals surface area contributed by atoms with Crippen LogP contribution < -0.4 is 10.9 Å². The van der Waals surface area contributed by atoms with Gasteiger partial charge in [0.05, 0.1) is 22.7 Å². The Bertz CT molecular complexity index is 3530. The summed E-state index contributed by atoms with van der Waals surface area (Å²) in [5.74, 6) is 0. The number of nitrogens with zero attached hydrogens (tertiary/aromatic N) is 3. The summed E-state index contributed by atoms with van der Waals surface area (Å²) in [4.78, 5) is 0. The van der Waals surface area contributed by atoms with Crippen LogP contribution in [0.2, 0.25) is 0 Å². The SMILES string of the molecule is Cc1c(-c2ccc(C#N)cc2)cc2c3c1-c1cc(-c4ccccc4)cc4c5cc(-c6ccccc6)ccc5n(c14)B3c1ccc3ccc4cccc5c4c3c1n5-2. The van der Waals surface area contributed by atoms with Crippen molar-refractivity contribution < 1.29 is 0 Å². The number of hydrogen-bond donors (Lipinski definition) is 0. The highest BCUT2D eigenvalue weighted by Gasteiger charge is 2.43. The molecule has 0 fully saturated rings. The molecule has 0 spiro atoms. The predicted octanol–water partition coefficient (Wildman–Crippen LogP) is 11.6. The molecular weight excluding hydrogens is 677 g/mol. The molecule has 2 aromatic heterocycles. The molecule has 2 aliphatic rings. The number of fused-ring (bicyclic) bond motifs is 8. The molecule has 4 heteroatoms. The standard InChI is InChI=1S/C52H30BN3/c1-30-39(34-17-15-31(29-54)16-18-34)28-46-50-47(30)42-27-38(33-11-6-3-7-12-33)26-41-40-25-37(32-9-4-2-5-10-32)22-24-44(40)56(51(41)42)53(50)43-23-21-36-20-19-35-13-8-14-45-48(35)49(36)52(43)55(45)46/h2-28H,1H3. The van der Waals surface area contributed by atoms with Crippen molar-refractivity contribution in [1.82, 2.24) is 9.05 Å². The molecule has 0 aliphatic carbocycles. The van der Waals surface area contributed by atoms with E-state index >= 15 is 0 Å². The lowest BCUT2D eigenvalue weighted by Gasteiger charge is -2.36. The fourth-order valence-corrected chi connectivity index (χ4v) is 10.5.